The Bertz CT molecular complexity index is 221. The van der Waals surface area contributed by atoms with Crippen LogP contribution in [0.1, 0.15) is 26.7 Å². The molecule has 1 rings (SSSR count). The zero-order valence-corrected chi connectivity index (χ0v) is 8.34. The largest absolute Gasteiger partial charge is 0.346 e. The van der Waals surface area contributed by atoms with Gasteiger partial charge in [0.1, 0.15) is 0 Å². The second-order valence-electron chi connectivity index (χ2n) is 3.89. The van der Waals surface area contributed by atoms with Crippen LogP contribution in [0.15, 0.2) is 12.2 Å². The van der Waals surface area contributed by atoms with Crippen molar-refractivity contribution in [1.82, 2.24) is 5.32 Å². The number of carbonyl (C=O) groups is 1. The van der Waals surface area contributed by atoms with Gasteiger partial charge >= 0.3 is 0 Å². The van der Waals surface area contributed by atoms with E-state index in [1.165, 1.54) is 18.9 Å². The molecule has 1 aliphatic rings. The van der Waals surface area contributed by atoms with Gasteiger partial charge in [-0.2, -0.15) is 0 Å². The average Bonchev–Trinajstić information content (AvgIpc) is 2.86. The normalized spacial score (nSPS) is 21.5. The van der Waals surface area contributed by atoms with Crippen molar-refractivity contribution in [2.24, 2.45) is 11.7 Å². The molecule has 0 aromatic heterocycles. The van der Waals surface area contributed by atoms with Crippen molar-refractivity contribution >= 4 is 5.91 Å². The standard InChI is InChI=1S/C10H18N2O/c1-3-4-9(13)12-10(2,7-11)8-5-6-8/h3-4,8H,5-7,11H2,1-2H3,(H,12,13)/b4-3+. The van der Waals surface area contributed by atoms with Crippen LogP contribution in [0.25, 0.3) is 0 Å². The highest BCUT2D eigenvalue weighted by atomic mass is 16.1. The molecule has 0 spiro atoms. The van der Waals surface area contributed by atoms with Gasteiger partial charge in [-0.25, -0.2) is 0 Å². The van der Waals surface area contributed by atoms with E-state index in [1.807, 2.05) is 13.8 Å². The van der Waals surface area contributed by atoms with E-state index >= 15 is 0 Å². The first kappa shape index (κ1) is 10.3. The highest BCUT2D eigenvalue weighted by Crippen LogP contribution is 2.38. The van der Waals surface area contributed by atoms with Crippen molar-refractivity contribution in [3.8, 4) is 0 Å². The fourth-order valence-electron chi connectivity index (χ4n) is 1.51. The summed E-state index contributed by atoms with van der Waals surface area (Å²) >= 11 is 0. The molecule has 0 aliphatic heterocycles. The maximum absolute atomic E-state index is 11.3. The number of carbonyl (C=O) groups excluding carboxylic acids is 1. The van der Waals surface area contributed by atoms with Crippen molar-refractivity contribution in [1.29, 1.82) is 0 Å². The molecule has 3 heteroatoms. The molecular formula is C10H18N2O. The van der Waals surface area contributed by atoms with E-state index in [1.54, 1.807) is 6.08 Å². The van der Waals surface area contributed by atoms with E-state index < -0.39 is 0 Å². The molecule has 0 aromatic carbocycles. The van der Waals surface area contributed by atoms with E-state index in [9.17, 15) is 4.79 Å². The first-order chi connectivity index (χ1) is 6.12. The molecule has 0 radical (unpaired) electrons. The van der Waals surface area contributed by atoms with Crippen LogP contribution in [-0.2, 0) is 4.79 Å². The van der Waals surface area contributed by atoms with Crippen LogP contribution in [-0.4, -0.2) is 18.0 Å². The van der Waals surface area contributed by atoms with Crippen LogP contribution in [0.2, 0.25) is 0 Å². The summed E-state index contributed by atoms with van der Waals surface area (Å²) in [5.74, 6) is 0.536. The molecule has 1 aliphatic carbocycles. The molecule has 1 unspecified atom stereocenters. The van der Waals surface area contributed by atoms with Gasteiger partial charge in [0.2, 0.25) is 5.91 Å². The summed E-state index contributed by atoms with van der Waals surface area (Å²) in [6.07, 6.45) is 5.64. The van der Waals surface area contributed by atoms with Crippen LogP contribution in [0, 0.1) is 5.92 Å². The summed E-state index contributed by atoms with van der Waals surface area (Å²) in [4.78, 5) is 11.3. The van der Waals surface area contributed by atoms with Gasteiger partial charge in [0, 0.05) is 6.54 Å². The molecule has 0 bridgehead atoms. The number of rotatable bonds is 4. The lowest BCUT2D eigenvalue weighted by Crippen LogP contribution is -2.52. The second kappa shape index (κ2) is 3.92. The Hall–Kier alpha value is -0.830. The molecule has 3 nitrogen and oxygen atoms in total. The third-order valence-electron chi connectivity index (χ3n) is 2.63. The molecule has 0 saturated heterocycles. The topological polar surface area (TPSA) is 55.1 Å². The third kappa shape index (κ3) is 2.56. The molecule has 1 fully saturated rings. The van der Waals surface area contributed by atoms with Crippen molar-refractivity contribution in [3.05, 3.63) is 12.2 Å². The average molecular weight is 182 g/mol. The number of amides is 1. The highest BCUT2D eigenvalue weighted by Gasteiger charge is 2.41. The zero-order valence-electron chi connectivity index (χ0n) is 8.34. The maximum atomic E-state index is 11.3. The summed E-state index contributed by atoms with van der Waals surface area (Å²) in [6.45, 7) is 4.36. The van der Waals surface area contributed by atoms with Crippen LogP contribution in [0.4, 0.5) is 0 Å². The predicted molar refractivity (Wildman–Crippen MR) is 53.1 cm³/mol. The lowest BCUT2D eigenvalue weighted by atomic mass is 9.96. The van der Waals surface area contributed by atoms with E-state index in [0.717, 1.165) is 0 Å². The van der Waals surface area contributed by atoms with Crippen LogP contribution < -0.4 is 11.1 Å². The molecule has 1 atom stereocenters. The maximum Gasteiger partial charge on any atom is 0.244 e. The van der Waals surface area contributed by atoms with E-state index in [2.05, 4.69) is 5.32 Å². The van der Waals surface area contributed by atoms with E-state index in [0.29, 0.717) is 12.5 Å². The number of nitrogens with one attached hydrogen (secondary N) is 1. The molecule has 0 heterocycles. The molecule has 74 valence electrons. The summed E-state index contributed by atoms with van der Waals surface area (Å²) in [7, 11) is 0. The molecular weight excluding hydrogens is 164 g/mol. The highest BCUT2D eigenvalue weighted by molar-refractivity contribution is 5.88. The molecule has 0 aromatic rings. The molecule has 1 saturated carbocycles. The van der Waals surface area contributed by atoms with Crippen LogP contribution >= 0.6 is 0 Å². The number of hydrogen-bond acceptors (Lipinski definition) is 2. The Balaban J connectivity index is 2.52. The van der Waals surface area contributed by atoms with E-state index in [4.69, 9.17) is 5.73 Å². The Kier molecular flexibility index (Phi) is 3.09. The Morgan fingerprint density at radius 1 is 1.69 bits per heavy atom. The quantitative estimate of drug-likeness (QED) is 0.632. The lowest BCUT2D eigenvalue weighted by molar-refractivity contribution is -0.118. The van der Waals surface area contributed by atoms with Crippen LogP contribution in [0.3, 0.4) is 0 Å². The van der Waals surface area contributed by atoms with Gasteiger partial charge in [-0.3, -0.25) is 4.79 Å². The Morgan fingerprint density at radius 2 is 2.31 bits per heavy atom. The molecule has 1 amide bonds. The zero-order chi connectivity index (χ0) is 9.90. The van der Waals surface area contributed by atoms with Crippen molar-refractivity contribution < 1.29 is 4.79 Å². The SMILES string of the molecule is C/C=C/C(=O)NC(C)(CN)C1CC1. The van der Waals surface area contributed by atoms with Crippen molar-refractivity contribution in [2.45, 2.75) is 32.2 Å². The fraction of sp³-hybridized carbons (Fsp3) is 0.700. The number of hydrogen-bond donors (Lipinski definition) is 2. The van der Waals surface area contributed by atoms with Crippen LogP contribution in [0.5, 0.6) is 0 Å². The second-order valence-corrected chi connectivity index (χ2v) is 3.89. The van der Waals surface area contributed by atoms with Crippen molar-refractivity contribution in [2.75, 3.05) is 6.54 Å². The third-order valence-corrected chi connectivity index (χ3v) is 2.63. The first-order valence-electron chi connectivity index (χ1n) is 4.77. The number of nitrogens with two attached hydrogens (primary N) is 1. The lowest BCUT2D eigenvalue weighted by Gasteiger charge is -2.28. The van der Waals surface area contributed by atoms with Gasteiger partial charge in [-0.05, 0) is 38.7 Å². The molecule has 13 heavy (non-hydrogen) atoms. The fourth-order valence-corrected chi connectivity index (χ4v) is 1.51. The van der Waals surface area contributed by atoms with Gasteiger partial charge in [0.05, 0.1) is 5.54 Å². The van der Waals surface area contributed by atoms with Gasteiger partial charge in [-0.1, -0.05) is 6.08 Å². The molecule has 3 N–H and O–H groups in total. The van der Waals surface area contributed by atoms with Gasteiger partial charge in [-0.15, -0.1) is 0 Å². The number of allylic oxidation sites excluding steroid dienone is 1. The minimum absolute atomic E-state index is 0.0395. The van der Waals surface area contributed by atoms with E-state index in [-0.39, 0.29) is 11.4 Å². The minimum atomic E-state index is -0.198. The van der Waals surface area contributed by atoms with Gasteiger partial charge < -0.3 is 11.1 Å². The summed E-state index contributed by atoms with van der Waals surface area (Å²) in [6, 6.07) is 0. The predicted octanol–water partition coefficient (Wildman–Crippen LogP) is 0.806. The van der Waals surface area contributed by atoms with Gasteiger partial charge in [0.25, 0.3) is 0 Å². The monoisotopic (exact) mass is 182 g/mol. The minimum Gasteiger partial charge on any atom is -0.346 e. The van der Waals surface area contributed by atoms with Crippen molar-refractivity contribution in [3.63, 3.8) is 0 Å². The first-order valence-corrected chi connectivity index (χ1v) is 4.77. The Labute approximate surface area is 79.4 Å². The van der Waals surface area contributed by atoms with Gasteiger partial charge in [0.15, 0.2) is 0 Å². The summed E-state index contributed by atoms with van der Waals surface area (Å²) in [5, 5.41) is 2.96. The Morgan fingerprint density at radius 3 is 2.69 bits per heavy atom. The summed E-state index contributed by atoms with van der Waals surface area (Å²) in [5.41, 5.74) is 5.46. The smallest absolute Gasteiger partial charge is 0.244 e. The summed E-state index contributed by atoms with van der Waals surface area (Å²) < 4.78 is 0.